The topological polar surface area (TPSA) is 88.9 Å². The molecule has 1 aromatic rings. The summed E-state index contributed by atoms with van der Waals surface area (Å²) in [5.41, 5.74) is -0.323. The number of allylic oxidation sites excluding steroid dienone is 1. The summed E-state index contributed by atoms with van der Waals surface area (Å²) in [6.07, 6.45) is -0.543. The van der Waals surface area contributed by atoms with Gasteiger partial charge < -0.3 is 14.2 Å². The third-order valence-electron chi connectivity index (χ3n) is 5.98. The molecule has 0 saturated heterocycles. The lowest BCUT2D eigenvalue weighted by molar-refractivity contribution is -0.126. The van der Waals surface area contributed by atoms with Crippen LogP contribution in [0.15, 0.2) is 24.3 Å². The van der Waals surface area contributed by atoms with E-state index in [1.54, 1.807) is 12.1 Å². The Kier molecular flexibility index (Phi) is 4.18. The second-order valence-electron chi connectivity index (χ2n) is 7.33. The Morgan fingerprint density at radius 3 is 2.44 bits per heavy atom. The Morgan fingerprint density at radius 1 is 1.30 bits per heavy atom. The van der Waals surface area contributed by atoms with Crippen LogP contribution in [0.2, 0.25) is 0 Å². The number of methoxy groups -OCH3 is 3. The largest absolute Gasteiger partial charge is 0.493 e. The minimum absolute atomic E-state index is 0.271. The van der Waals surface area contributed by atoms with Crippen LogP contribution in [0.4, 0.5) is 10.5 Å². The molecule has 1 aromatic carbocycles. The van der Waals surface area contributed by atoms with Crippen molar-refractivity contribution >= 4 is 17.7 Å². The smallest absolute Gasteiger partial charge is 0.421 e. The van der Waals surface area contributed by atoms with Crippen molar-refractivity contribution in [3.05, 3.63) is 29.8 Å². The summed E-state index contributed by atoms with van der Waals surface area (Å²) in [6.45, 7) is 7.75. The van der Waals surface area contributed by atoms with Crippen molar-refractivity contribution < 1.29 is 23.8 Å². The van der Waals surface area contributed by atoms with Crippen molar-refractivity contribution in [3.63, 3.8) is 0 Å². The molecule has 142 valence electrons. The van der Waals surface area contributed by atoms with Crippen LogP contribution in [0, 0.1) is 22.7 Å². The number of fused-ring (bicyclic) bond motifs is 2. The molecular weight excluding hydrogens is 348 g/mol. The number of anilines is 1. The van der Waals surface area contributed by atoms with Crippen LogP contribution in [-0.4, -0.2) is 33.3 Å². The van der Waals surface area contributed by atoms with E-state index < -0.39 is 28.7 Å². The number of carbonyl (C=O) groups excluding carboxylic acids is 2. The third kappa shape index (κ3) is 2.07. The van der Waals surface area contributed by atoms with Gasteiger partial charge in [-0.25, -0.2) is 9.69 Å². The van der Waals surface area contributed by atoms with Gasteiger partial charge in [-0.3, -0.25) is 4.79 Å². The number of amides is 2. The molecular formula is C20H22N2O5. The molecule has 0 radical (unpaired) electrons. The minimum Gasteiger partial charge on any atom is -0.493 e. The van der Waals surface area contributed by atoms with Crippen LogP contribution < -0.4 is 14.4 Å². The molecule has 2 aliphatic rings. The van der Waals surface area contributed by atoms with Gasteiger partial charge in [-0.05, 0) is 18.1 Å². The summed E-state index contributed by atoms with van der Waals surface area (Å²) >= 11 is 0. The molecule has 1 heterocycles. The number of nitriles is 1. The highest BCUT2D eigenvalue weighted by atomic mass is 16.5. The van der Waals surface area contributed by atoms with Crippen molar-refractivity contribution in [1.29, 1.82) is 5.26 Å². The Hall–Kier alpha value is -3.01. The molecule has 2 amide bonds. The minimum atomic E-state index is -1.12. The number of hydrogen-bond acceptors (Lipinski definition) is 6. The van der Waals surface area contributed by atoms with E-state index in [4.69, 9.17) is 14.2 Å². The summed E-state index contributed by atoms with van der Waals surface area (Å²) < 4.78 is 15.7. The Balaban J connectivity index is 2.40. The Labute approximate surface area is 158 Å². The highest BCUT2D eigenvalue weighted by molar-refractivity contribution is 6.23. The maximum Gasteiger partial charge on any atom is 0.421 e. The van der Waals surface area contributed by atoms with Crippen LogP contribution in [0.3, 0.4) is 0 Å². The molecule has 3 rings (SSSR count). The van der Waals surface area contributed by atoms with E-state index in [1.165, 1.54) is 21.3 Å². The van der Waals surface area contributed by atoms with E-state index in [9.17, 15) is 14.9 Å². The molecule has 7 heteroatoms. The van der Waals surface area contributed by atoms with Gasteiger partial charge >= 0.3 is 6.09 Å². The normalized spacial score (nSPS) is 25.3. The lowest BCUT2D eigenvalue weighted by Gasteiger charge is -2.38. The molecule has 0 bridgehead atoms. The van der Waals surface area contributed by atoms with Crippen LogP contribution >= 0.6 is 0 Å². The zero-order valence-electron chi connectivity index (χ0n) is 16.1. The fraction of sp³-hybridized carbons (Fsp3) is 0.450. The SMILES string of the molecule is C=C1C[C@@]2(C(=O)N(C(=O)OC)c3c2ccc(OC)c3OC)C(C)(C)[C@@H]1C#N. The van der Waals surface area contributed by atoms with Gasteiger partial charge in [0.15, 0.2) is 11.5 Å². The number of imide groups is 1. The van der Waals surface area contributed by atoms with Gasteiger partial charge in [0, 0.05) is 5.41 Å². The van der Waals surface area contributed by atoms with E-state index in [2.05, 4.69) is 12.6 Å². The highest BCUT2D eigenvalue weighted by Gasteiger charge is 2.68. The molecule has 1 aliphatic heterocycles. The van der Waals surface area contributed by atoms with Gasteiger partial charge in [0.1, 0.15) is 5.69 Å². The summed E-state index contributed by atoms with van der Waals surface area (Å²) in [5.74, 6) is -0.311. The Bertz CT molecular complexity index is 898. The zero-order valence-corrected chi connectivity index (χ0v) is 16.1. The second kappa shape index (κ2) is 6.02. The van der Waals surface area contributed by atoms with Gasteiger partial charge in [-0.1, -0.05) is 32.1 Å². The van der Waals surface area contributed by atoms with E-state index in [0.29, 0.717) is 22.6 Å². The molecule has 1 saturated carbocycles. The predicted molar refractivity (Wildman–Crippen MR) is 97.8 cm³/mol. The number of ether oxygens (including phenoxy) is 3. The molecule has 1 fully saturated rings. The average Bonchev–Trinajstić information content (AvgIpc) is 3.01. The molecule has 2 atom stereocenters. The van der Waals surface area contributed by atoms with Gasteiger partial charge in [-0.15, -0.1) is 0 Å². The monoisotopic (exact) mass is 370 g/mol. The molecule has 0 unspecified atom stereocenters. The first-order valence-corrected chi connectivity index (χ1v) is 8.48. The van der Waals surface area contributed by atoms with E-state index in [-0.39, 0.29) is 12.2 Å². The molecule has 1 aliphatic carbocycles. The summed E-state index contributed by atoms with van der Waals surface area (Å²) in [7, 11) is 4.13. The average molecular weight is 370 g/mol. The predicted octanol–water partition coefficient (Wildman–Crippen LogP) is 3.18. The Morgan fingerprint density at radius 2 is 1.96 bits per heavy atom. The van der Waals surface area contributed by atoms with Crippen LogP contribution in [0.1, 0.15) is 25.8 Å². The van der Waals surface area contributed by atoms with E-state index >= 15 is 0 Å². The second-order valence-corrected chi connectivity index (χ2v) is 7.33. The van der Waals surface area contributed by atoms with Crippen molar-refractivity contribution in [2.75, 3.05) is 26.2 Å². The summed E-state index contributed by atoms with van der Waals surface area (Å²) in [6, 6.07) is 5.73. The van der Waals surface area contributed by atoms with Crippen molar-refractivity contribution in [1.82, 2.24) is 0 Å². The fourth-order valence-corrected chi connectivity index (χ4v) is 4.62. The molecule has 0 N–H and O–H groups in total. The summed E-state index contributed by atoms with van der Waals surface area (Å²) in [5, 5.41) is 9.68. The number of rotatable bonds is 2. The standard InChI is InChI=1S/C20H22N2O5/c1-11-9-20(19(2,3)13(11)10-21)12-7-8-14(25-4)16(26-5)15(12)22(17(20)23)18(24)27-6/h7-8,13H,1,9H2,2-6H3/t13-,20-/m1/s1. The quantitative estimate of drug-likeness (QED) is 0.743. The number of benzene rings is 1. The third-order valence-corrected chi connectivity index (χ3v) is 5.98. The van der Waals surface area contributed by atoms with E-state index in [0.717, 1.165) is 4.90 Å². The van der Waals surface area contributed by atoms with Crippen molar-refractivity contribution in [2.45, 2.75) is 25.7 Å². The van der Waals surface area contributed by atoms with Crippen molar-refractivity contribution in [2.24, 2.45) is 11.3 Å². The van der Waals surface area contributed by atoms with E-state index in [1.807, 2.05) is 13.8 Å². The highest BCUT2D eigenvalue weighted by Crippen LogP contribution is 2.65. The van der Waals surface area contributed by atoms with Gasteiger partial charge in [-0.2, -0.15) is 5.26 Å². The first-order valence-electron chi connectivity index (χ1n) is 8.48. The lowest BCUT2D eigenvalue weighted by atomic mass is 9.62. The maximum absolute atomic E-state index is 13.7. The molecule has 7 nitrogen and oxygen atoms in total. The summed E-state index contributed by atoms with van der Waals surface area (Å²) in [4.78, 5) is 27.2. The fourth-order valence-electron chi connectivity index (χ4n) is 4.62. The van der Waals surface area contributed by atoms with Crippen molar-refractivity contribution in [3.8, 4) is 17.6 Å². The lowest BCUT2D eigenvalue weighted by Crippen LogP contribution is -2.50. The van der Waals surface area contributed by atoms with Crippen LogP contribution in [0.25, 0.3) is 0 Å². The van der Waals surface area contributed by atoms with Gasteiger partial charge in [0.2, 0.25) is 5.91 Å². The number of nitrogens with zero attached hydrogens (tertiary/aromatic N) is 2. The molecule has 1 spiro atoms. The number of hydrogen-bond donors (Lipinski definition) is 0. The molecule has 0 aromatic heterocycles. The molecule has 27 heavy (non-hydrogen) atoms. The van der Waals surface area contributed by atoms with Crippen LogP contribution in [0.5, 0.6) is 11.5 Å². The van der Waals surface area contributed by atoms with Crippen LogP contribution in [-0.2, 0) is 14.9 Å². The van der Waals surface area contributed by atoms with Gasteiger partial charge in [0.25, 0.3) is 0 Å². The first-order chi connectivity index (χ1) is 12.7. The zero-order chi connectivity index (χ0) is 20.1. The first kappa shape index (κ1) is 18.8. The number of carbonyl (C=O) groups is 2. The van der Waals surface area contributed by atoms with Gasteiger partial charge in [0.05, 0.1) is 38.7 Å². The maximum atomic E-state index is 13.7.